The Morgan fingerprint density at radius 2 is 1.92 bits per heavy atom. The third-order valence-electron chi connectivity index (χ3n) is 3.40. The molecule has 0 bridgehead atoms. The van der Waals surface area contributed by atoms with Gasteiger partial charge in [0.05, 0.1) is 0 Å². The minimum atomic E-state index is -4.09. The van der Waals surface area contributed by atoms with Crippen molar-refractivity contribution in [1.29, 1.82) is 0 Å². The summed E-state index contributed by atoms with van der Waals surface area (Å²) >= 11 is 0. The predicted molar refractivity (Wildman–Crippen MR) is 88.5 cm³/mol. The standard InChI is InChI=1S/C16H14F2N4O3S/c17-16(18)25-13-6-1-2-7-14(13)26(23,24)21-11-12-5-3-8-19-15(12)22-10-4-9-20-22/h1-10,16,21H,11H2. The van der Waals surface area contributed by atoms with Gasteiger partial charge in [0.15, 0.2) is 5.82 Å². The molecule has 0 saturated heterocycles. The summed E-state index contributed by atoms with van der Waals surface area (Å²) in [4.78, 5) is 3.82. The first-order valence-corrected chi connectivity index (χ1v) is 8.93. The number of nitrogens with zero attached hydrogens (tertiary/aromatic N) is 3. The zero-order valence-corrected chi connectivity index (χ0v) is 14.1. The van der Waals surface area contributed by atoms with Crippen LogP contribution in [-0.2, 0) is 16.6 Å². The molecule has 2 heterocycles. The average molecular weight is 380 g/mol. The molecule has 26 heavy (non-hydrogen) atoms. The van der Waals surface area contributed by atoms with Gasteiger partial charge in [-0.15, -0.1) is 0 Å². The van der Waals surface area contributed by atoms with E-state index in [1.54, 1.807) is 36.8 Å². The number of alkyl halides is 2. The first kappa shape index (κ1) is 18.0. The number of benzene rings is 1. The largest absolute Gasteiger partial charge is 0.433 e. The van der Waals surface area contributed by atoms with E-state index in [2.05, 4.69) is 19.5 Å². The second-order valence-electron chi connectivity index (χ2n) is 5.09. The van der Waals surface area contributed by atoms with E-state index in [9.17, 15) is 17.2 Å². The van der Waals surface area contributed by atoms with E-state index < -0.39 is 22.4 Å². The molecule has 0 unspecified atom stereocenters. The van der Waals surface area contributed by atoms with Gasteiger partial charge in [0.1, 0.15) is 10.6 Å². The number of nitrogens with one attached hydrogen (secondary N) is 1. The van der Waals surface area contributed by atoms with Gasteiger partial charge in [0.25, 0.3) is 0 Å². The maximum Gasteiger partial charge on any atom is 0.387 e. The molecular formula is C16H14F2N4O3S. The number of hydrogen-bond donors (Lipinski definition) is 1. The summed E-state index contributed by atoms with van der Waals surface area (Å²) in [6, 6.07) is 10.2. The number of para-hydroxylation sites is 1. The lowest BCUT2D eigenvalue weighted by molar-refractivity contribution is -0.0517. The Morgan fingerprint density at radius 3 is 2.65 bits per heavy atom. The first-order valence-electron chi connectivity index (χ1n) is 7.45. The zero-order valence-electron chi connectivity index (χ0n) is 13.3. The summed E-state index contributed by atoms with van der Waals surface area (Å²) in [7, 11) is -4.09. The molecule has 0 amide bonds. The Balaban J connectivity index is 1.85. The Labute approximate surface area is 148 Å². The average Bonchev–Trinajstić information content (AvgIpc) is 3.14. The smallest absolute Gasteiger partial charge is 0.387 e. The molecule has 3 rings (SSSR count). The number of rotatable bonds is 7. The molecule has 0 radical (unpaired) electrons. The Bertz CT molecular complexity index is 979. The monoisotopic (exact) mass is 380 g/mol. The SMILES string of the molecule is O=S(=O)(NCc1cccnc1-n1cccn1)c1ccccc1OC(F)F. The molecule has 1 N–H and O–H groups in total. The van der Waals surface area contributed by atoms with E-state index in [1.807, 2.05) is 0 Å². The Hall–Kier alpha value is -2.85. The van der Waals surface area contributed by atoms with Crippen molar-refractivity contribution < 1.29 is 21.9 Å². The quantitative estimate of drug-likeness (QED) is 0.680. The van der Waals surface area contributed by atoms with Gasteiger partial charge in [-0.05, 0) is 24.3 Å². The minimum absolute atomic E-state index is 0.103. The van der Waals surface area contributed by atoms with Crippen molar-refractivity contribution in [2.24, 2.45) is 0 Å². The zero-order chi connectivity index (χ0) is 18.6. The van der Waals surface area contributed by atoms with Crippen LogP contribution in [0.5, 0.6) is 5.75 Å². The van der Waals surface area contributed by atoms with Gasteiger partial charge < -0.3 is 4.74 Å². The van der Waals surface area contributed by atoms with Crippen LogP contribution in [0.25, 0.3) is 5.82 Å². The third-order valence-corrected chi connectivity index (χ3v) is 4.84. The number of halogens is 2. The summed E-state index contributed by atoms with van der Waals surface area (Å²) in [5, 5.41) is 4.07. The number of ether oxygens (including phenoxy) is 1. The van der Waals surface area contributed by atoms with E-state index in [0.717, 1.165) is 0 Å². The van der Waals surface area contributed by atoms with Crippen LogP contribution in [0.2, 0.25) is 0 Å². The van der Waals surface area contributed by atoms with Gasteiger partial charge in [-0.25, -0.2) is 22.8 Å². The fourth-order valence-electron chi connectivity index (χ4n) is 2.28. The number of pyridine rings is 1. The molecular weight excluding hydrogens is 366 g/mol. The van der Waals surface area contributed by atoms with Crippen molar-refractivity contribution in [2.75, 3.05) is 0 Å². The fourth-order valence-corrected chi connectivity index (χ4v) is 3.42. The van der Waals surface area contributed by atoms with Crippen LogP contribution >= 0.6 is 0 Å². The molecule has 0 aliphatic rings. The molecule has 10 heteroatoms. The Morgan fingerprint density at radius 1 is 1.12 bits per heavy atom. The predicted octanol–water partition coefficient (Wildman–Crippen LogP) is 2.35. The summed E-state index contributed by atoms with van der Waals surface area (Å²) in [5.74, 6) is 0.0331. The maximum atomic E-state index is 12.5. The minimum Gasteiger partial charge on any atom is -0.433 e. The highest BCUT2D eigenvalue weighted by Crippen LogP contribution is 2.25. The van der Waals surface area contributed by atoms with Crippen LogP contribution in [0.15, 0.2) is 66.0 Å². The normalized spacial score (nSPS) is 11.7. The van der Waals surface area contributed by atoms with E-state index in [-0.39, 0.29) is 11.4 Å². The molecule has 0 atom stereocenters. The van der Waals surface area contributed by atoms with Crippen molar-refractivity contribution in [3.63, 3.8) is 0 Å². The van der Waals surface area contributed by atoms with Crippen LogP contribution in [0, 0.1) is 0 Å². The topological polar surface area (TPSA) is 86.1 Å². The molecule has 7 nitrogen and oxygen atoms in total. The molecule has 0 aliphatic carbocycles. The molecule has 0 fully saturated rings. The van der Waals surface area contributed by atoms with E-state index in [0.29, 0.717) is 11.4 Å². The second kappa shape index (κ2) is 7.58. The fraction of sp³-hybridized carbons (Fsp3) is 0.125. The highest BCUT2D eigenvalue weighted by atomic mass is 32.2. The summed E-state index contributed by atoms with van der Waals surface area (Å²) in [5.41, 5.74) is 0.562. The third kappa shape index (κ3) is 4.03. The highest BCUT2D eigenvalue weighted by Gasteiger charge is 2.21. The van der Waals surface area contributed by atoms with E-state index >= 15 is 0 Å². The van der Waals surface area contributed by atoms with Gasteiger partial charge >= 0.3 is 6.61 Å². The maximum absolute atomic E-state index is 12.5. The molecule has 3 aromatic rings. The van der Waals surface area contributed by atoms with Crippen molar-refractivity contribution in [3.05, 3.63) is 66.6 Å². The molecule has 0 aliphatic heterocycles. The van der Waals surface area contributed by atoms with Crippen molar-refractivity contribution >= 4 is 10.0 Å². The molecule has 2 aromatic heterocycles. The van der Waals surface area contributed by atoms with Crippen molar-refractivity contribution in [3.8, 4) is 11.6 Å². The van der Waals surface area contributed by atoms with Crippen molar-refractivity contribution in [2.45, 2.75) is 18.1 Å². The molecule has 0 spiro atoms. The number of sulfonamides is 1. The van der Waals surface area contributed by atoms with Crippen LogP contribution in [0.3, 0.4) is 0 Å². The van der Waals surface area contributed by atoms with Gasteiger partial charge in [-0.3, -0.25) is 0 Å². The van der Waals surface area contributed by atoms with Crippen LogP contribution in [0.4, 0.5) is 8.78 Å². The molecule has 1 aromatic carbocycles. The lowest BCUT2D eigenvalue weighted by Gasteiger charge is -2.13. The van der Waals surface area contributed by atoms with Crippen LogP contribution in [-0.4, -0.2) is 29.8 Å². The van der Waals surface area contributed by atoms with Gasteiger partial charge in [-0.1, -0.05) is 18.2 Å². The van der Waals surface area contributed by atoms with Gasteiger partial charge in [0.2, 0.25) is 10.0 Å². The summed E-state index contributed by atoms with van der Waals surface area (Å²) < 4.78 is 58.2. The molecule has 136 valence electrons. The van der Waals surface area contributed by atoms with Gasteiger partial charge in [-0.2, -0.15) is 13.9 Å². The van der Waals surface area contributed by atoms with E-state index in [1.165, 1.54) is 28.9 Å². The molecule has 0 saturated carbocycles. The Kier molecular flexibility index (Phi) is 5.24. The van der Waals surface area contributed by atoms with Crippen molar-refractivity contribution in [1.82, 2.24) is 19.5 Å². The van der Waals surface area contributed by atoms with E-state index in [4.69, 9.17) is 0 Å². The highest BCUT2D eigenvalue weighted by molar-refractivity contribution is 7.89. The summed E-state index contributed by atoms with van der Waals surface area (Å²) in [6.07, 6.45) is 4.80. The first-order chi connectivity index (χ1) is 12.5. The van der Waals surface area contributed by atoms with Gasteiger partial charge in [0, 0.05) is 30.7 Å². The number of aromatic nitrogens is 3. The van der Waals surface area contributed by atoms with Crippen LogP contribution < -0.4 is 9.46 Å². The number of hydrogen-bond acceptors (Lipinski definition) is 5. The van der Waals surface area contributed by atoms with Crippen LogP contribution in [0.1, 0.15) is 5.56 Å². The lowest BCUT2D eigenvalue weighted by atomic mass is 10.2. The lowest BCUT2D eigenvalue weighted by Crippen LogP contribution is -2.25. The summed E-state index contributed by atoms with van der Waals surface area (Å²) in [6.45, 7) is -3.23. The second-order valence-corrected chi connectivity index (χ2v) is 6.82.